The maximum atomic E-state index is 10.7. The van der Waals surface area contributed by atoms with Crippen LogP contribution in [0.4, 0.5) is 0 Å². The number of nitrogens with two attached hydrogens (primary N) is 1. The van der Waals surface area contributed by atoms with Gasteiger partial charge < -0.3 is 15.9 Å². The Hall–Kier alpha value is -0.650. The summed E-state index contributed by atoms with van der Waals surface area (Å²) >= 11 is 0. The molecule has 0 amide bonds. The van der Waals surface area contributed by atoms with Gasteiger partial charge in [0.25, 0.3) is 0 Å². The molecule has 3 atom stereocenters. The second kappa shape index (κ2) is 4.47. The SMILES string of the molecule is CC(N)C1CCN(CC(C)(O)C(=O)O)C1. The Bertz CT molecular complexity index is 241. The van der Waals surface area contributed by atoms with E-state index in [4.69, 9.17) is 10.8 Å². The van der Waals surface area contributed by atoms with Crippen LogP contribution in [0.3, 0.4) is 0 Å². The van der Waals surface area contributed by atoms with Crippen molar-refractivity contribution in [3.8, 4) is 0 Å². The number of carboxylic acid groups (broad SMARTS) is 1. The molecule has 0 saturated carbocycles. The lowest BCUT2D eigenvalue weighted by molar-refractivity contribution is -0.158. The fourth-order valence-corrected chi connectivity index (χ4v) is 1.94. The fraction of sp³-hybridized carbons (Fsp3) is 0.900. The molecule has 1 fully saturated rings. The highest BCUT2D eigenvalue weighted by molar-refractivity contribution is 5.76. The van der Waals surface area contributed by atoms with E-state index in [1.54, 1.807) is 0 Å². The third kappa shape index (κ3) is 3.15. The molecule has 0 spiro atoms. The first-order valence-corrected chi connectivity index (χ1v) is 5.26. The van der Waals surface area contributed by atoms with Gasteiger partial charge in [0.1, 0.15) is 0 Å². The molecule has 0 aromatic heterocycles. The third-order valence-electron chi connectivity index (χ3n) is 3.04. The molecular formula is C10H20N2O3. The molecule has 1 heterocycles. The summed E-state index contributed by atoms with van der Waals surface area (Å²) in [6, 6.07) is 0.129. The highest BCUT2D eigenvalue weighted by Crippen LogP contribution is 2.20. The highest BCUT2D eigenvalue weighted by Gasteiger charge is 2.35. The molecule has 5 heteroatoms. The van der Waals surface area contributed by atoms with Gasteiger partial charge in [0.05, 0.1) is 0 Å². The van der Waals surface area contributed by atoms with Crippen molar-refractivity contribution in [2.75, 3.05) is 19.6 Å². The zero-order valence-corrected chi connectivity index (χ0v) is 9.31. The van der Waals surface area contributed by atoms with Crippen molar-refractivity contribution in [2.45, 2.75) is 31.9 Å². The summed E-state index contributed by atoms with van der Waals surface area (Å²) in [4.78, 5) is 12.7. The maximum Gasteiger partial charge on any atom is 0.336 e. The van der Waals surface area contributed by atoms with Gasteiger partial charge in [-0.2, -0.15) is 0 Å². The lowest BCUT2D eigenvalue weighted by Gasteiger charge is -2.25. The molecule has 0 aliphatic carbocycles. The second-order valence-corrected chi connectivity index (χ2v) is 4.72. The predicted molar refractivity (Wildman–Crippen MR) is 56.5 cm³/mol. The van der Waals surface area contributed by atoms with E-state index < -0.39 is 11.6 Å². The summed E-state index contributed by atoms with van der Waals surface area (Å²) < 4.78 is 0. The largest absolute Gasteiger partial charge is 0.479 e. The quantitative estimate of drug-likeness (QED) is 0.589. The Morgan fingerprint density at radius 3 is 2.73 bits per heavy atom. The minimum absolute atomic E-state index is 0.129. The van der Waals surface area contributed by atoms with Crippen LogP contribution in [0.15, 0.2) is 0 Å². The van der Waals surface area contributed by atoms with E-state index in [2.05, 4.69) is 0 Å². The van der Waals surface area contributed by atoms with Crippen LogP contribution in [0.5, 0.6) is 0 Å². The fourth-order valence-electron chi connectivity index (χ4n) is 1.94. The number of hydrogen-bond acceptors (Lipinski definition) is 4. The van der Waals surface area contributed by atoms with Gasteiger partial charge in [-0.1, -0.05) is 0 Å². The molecule has 4 N–H and O–H groups in total. The number of β-amino-alcohol motifs (C(OH)–C–C–N with tert-alkyl or cyclic N) is 1. The number of hydrogen-bond donors (Lipinski definition) is 3. The van der Waals surface area contributed by atoms with Crippen molar-refractivity contribution in [1.82, 2.24) is 4.90 Å². The first-order valence-electron chi connectivity index (χ1n) is 5.26. The van der Waals surface area contributed by atoms with E-state index in [0.717, 1.165) is 19.5 Å². The Kier molecular flexibility index (Phi) is 3.70. The Labute approximate surface area is 89.9 Å². The number of aliphatic carboxylic acids is 1. The molecule has 1 rings (SSSR count). The summed E-state index contributed by atoms with van der Waals surface area (Å²) in [7, 11) is 0. The molecule has 3 unspecified atom stereocenters. The maximum absolute atomic E-state index is 10.7. The Morgan fingerprint density at radius 2 is 2.33 bits per heavy atom. The number of carboxylic acids is 1. The Balaban J connectivity index is 2.46. The number of aliphatic hydroxyl groups is 1. The minimum atomic E-state index is -1.66. The van der Waals surface area contributed by atoms with Gasteiger partial charge in [-0.15, -0.1) is 0 Å². The number of carbonyl (C=O) groups is 1. The normalized spacial score (nSPS) is 28.7. The van der Waals surface area contributed by atoms with Crippen LogP contribution in [0.25, 0.3) is 0 Å². The van der Waals surface area contributed by atoms with Crippen molar-refractivity contribution in [1.29, 1.82) is 0 Å². The molecule has 1 saturated heterocycles. The average molecular weight is 216 g/mol. The van der Waals surface area contributed by atoms with E-state index in [9.17, 15) is 9.90 Å². The lowest BCUT2D eigenvalue weighted by atomic mass is 10.0. The van der Waals surface area contributed by atoms with Gasteiger partial charge in [0.15, 0.2) is 5.60 Å². The molecule has 0 aromatic carbocycles. The zero-order valence-electron chi connectivity index (χ0n) is 9.31. The average Bonchev–Trinajstić information content (AvgIpc) is 2.51. The third-order valence-corrected chi connectivity index (χ3v) is 3.04. The van der Waals surface area contributed by atoms with Crippen LogP contribution in [0, 0.1) is 5.92 Å². The summed E-state index contributed by atoms with van der Waals surface area (Å²) in [6.45, 7) is 5.06. The predicted octanol–water partition coefficient (Wildman–Crippen LogP) is -0.509. The number of nitrogens with zero attached hydrogens (tertiary/aromatic N) is 1. The molecule has 0 bridgehead atoms. The molecule has 88 valence electrons. The summed E-state index contributed by atoms with van der Waals surface area (Å²) in [6.07, 6.45) is 0.980. The first kappa shape index (κ1) is 12.4. The van der Waals surface area contributed by atoms with Crippen LogP contribution < -0.4 is 5.73 Å². The molecule has 1 aliphatic rings. The molecule has 5 nitrogen and oxygen atoms in total. The van der Waals surface area contributed by atoms with Crippen LogP contribution >= 0.6 is 0 Å². The number of likely N-dealkylation sites (tertiary alicyclic amines) is 1. The molecule has 0 radical (unpaired) electrons. The smallest absolute Gasteiger partial charge is 0.336 e. The van der Waals surface area contributed by atoms with Crippen LogP contribution in [0.1, 0.15) is 20.3 Å². The molecule has 1 aliphatic heterocycles. The molecule has 15 heavy (non-hydrogen) atoms. The Morgan fingerprint density at radius 1 is 1.73 bits per heavy atom. The van der Waals surface area contributed by atoms with Gasteiger partial charge in [-0.3, -0.25) is 4.90 Å². The van der Waals surface area contributed by atoms with Crippen LogP contribution in [-0.2, 0) is 4.79 Å². The van der Waals surface area contributed by atoms with Crippen molar-refractivity contribution >= 4 is 5.97 Å². The van der Waals surface area contributed by atoms with Gasteiger partial charge >= 0.3 is 5.97 Å². The summed E-state index contributed by atoms with van der Waals surface area (Å²) in [5.74, 6) is -0.763. The van der Waals surface area contributed by atoms with E-state index >= 15 is 0 Å². The summed E-state index contributed by atoms with van der Waals surface area (Å²) in [5, 5.41) is 18.4. The van der Waals surface area contributed by atoms with E-state index in [1.165, 1.54) is 6.92 Å². The van der Waals surface area contributed by atoms with Crippen LogP contribution in [0.2, 0.25) is 0 Å². The zero-order chi connectivity index (χ0) is 11.6. The number of rotatable bonds is 4. The lowest BCUT2D eigenvalue weighted by Crippen LogP contribution is -2.46. The van der Waals surface area contributed by atoms with Crippen molar-refractivity contribution < 1.29 is 15.0 Å². The van der Waals surface area contributed by atoms with Crippen molar-refractivity contribution in [2.24, 2.45) is 11.7 Å². The van der Waals surface area contributed by atoms with Gasteiger partial charge in [0, 0.05) is 19.1 Å². The minimum Gasteiger partial charge on any atom is -0.479 e. The van der Waals surface area contributed by atoms with Crippen molar-refractivity contribution in [3.05, 3.63) is 0 Å². The van der Waals surface area contributed by atoms with E-state index in [0.29, 0.717) is 5.92 Å². The van der Waals surface area contributed by atoms with Crippen LogP contribution in [-0.4, -0.2) is 52.4 Å². The van der Waals surface area contributed by atoms with Gasteiger partial charge in [-0.05, 0) is 32.7 Å². The first-order chi connectivity index (χ1) is 6.83. The topological polar surface area (TPSA) is 86.8 Å². The van der Waals surface area contributed by atoms with Gasteiger partial charge in [-0.25, -0.2) is 4.79 Å². The van der Waals surface area contributed by atoms with E-state index in [-0.39, 0.29) is 12.6 Å². The summed E-state index contributed by atoms with van der Waals surface area (Å²) in [5.41, 5.74) is 4.12. The van der Waals surface area contributed by atoms with Gasteiger partial charge in [0.2, 0.25) is 0 Å². The van der Waals surface area contributed by atoms with Crippen molar-refractivity contribution in [3.63, 3.8) is 0 Å². The molecular weight excluding hydrogens is 196 g/mol. The second-order valence-electron chi connectivity index (χ2n) is 4.72. The molecule has 0 aromatic rings. The highest BCUT2D eigenvalue weighted by atomic mass is 16.4. The standard InChI is InChI=1S/C10H20N2O3/c1-7(11)8-3-4-12(5-8)6-10(2,15)9(13)14/h7-8,15H,3-6,11H2,1-2H3,(H,13,14). The monoisotopic (exact) mass is 216 g/mol. The van der Waals surface area contributed by atoms with E-state index in [1.807, 2.05) is 11.8 Å².